The summed E-state index contributed by atoms with van der Waals surface area (Å²) in [6, 6.07) is 62.7. The number of aldehydes is 1. The normalized spacial score (nSPS) is 10.3. The van der Waals surface area contributed by atoms with E-state index in [0.717, 1.165) is 45.6 Å². The molecular formula is C54H69ClFN3O. The number of hydrogen-bond acceptors (Lipinski definition) is 3. The number of rotatable bonds is 16. The summed E-state index contributed by atoms with van der Waals surface area (Å²) in [5, 5.41) is 3.42. The van der Waals surface area contributed by atoms with Crippen molar-refractivity contribution in [1.82, 2.24) is 10.2 Å². The van der Waals surface area contributed by atoms with Crippen molar-refractivity contribution in [2.45, 2.75) is 86.5 Å². The molecule has 0 aliphatic carbocycles. The molecule has 0 saturated heterocycles. The molecule has 320 valence electrons. The highest BCUT2D eigenvalue weighted by molar-refractivity contribution is 5.51. The number of quaternary nitrogens is 1. The van der Waals surface area contributed by atoms with Crippen LogP contribution in [0, 0.1) is 5.92 Å². The summed E-state index contributed by atoms with van der Waals surface area (Å²) in [5.74, 6) is 0.204. The van der Waals surface area contributed by atoms with Crippen LogP contribution in [0.25, 0.3) is 0 Å². The zero-order valence-corrected chi connectivity index (χ0v) is 37.4. The van der Waals surface area contributed by atoms with Crippen molar-refractivity contribution in [3.05, 3.63) is 227 Å². The van der Waals surface area contributed by atoms with Crippen molar-refractivity contribution in [2.24, 2.45) is 5.92 Å². The zero-order chi connectivity index (χ0) is 42.6. The van der Waals surface area contributed by atoms with Gasteiger partial charge in [-0.05, 0) is 56.1 Å². The van der Waals surface area contributed by atoms with E-state index >= 15 is 0 Å². The molecule has 0 fully saturated rings. The molecular weight excluding hydrogens is 761 g/mol. The van der Waals surface area contributed by atoms with E-state index in [1.54, 1.807) is 13.8 Å². The largest absolute Gasteiger partial charge is 1.00 e. The van der Waals surface area contributed by atoms with E-state index < -0.39 is 5.67 Å². The number of allylic oxidation sites excluding steroid dienone is 1. The number of carbonyl (C=O) groups excluding carboxylic acids is 1. The molecule has 0 radical (unpaired) electrons. The lowest BCUT2D eigenvalue weighted by molar-refractivity contribution is -0.932. The van der Waals surface area contributed by atoms with Crippen LogP contribution >= 0.6 is 0 Å². The predicted octanol–water partition coefficient (Wildman–Crippen LogP) is 8.70. The Bertz CT molecular complexity index is 1840. The molecule has 0 unspecified atom stereocenters. The Kier molecular flexibility index (Phi) is 25.2. The Balaban J connectivity index is 0.000000429. The molecule has 0 bridgehead atoms. The second-order valence-corrected chi connectivity index (χ2v) is 16.0. The smallest absolute Gasteiger partial charge is 0.153 e. The van der Waals surface area contributed by atoms with Gasteiger partial charge >= 0.3 is 0 Å². The summed E-state index contributed by atoms with van der Waals surface area (Å²) in [4.78, 5) is 13.1. The number of alkyl halides is 1. The van der Waals surface area contributed by atoms with E-state index in [-0.39, 0.29) is 19.8 Å². The van der Waals surface area contributed by atoms with E-state index in [9.17, 15) is 9.18 Å². The van der Waals surface area contributed by atoms with Crippen LogP contribution in [0.15, 0.2) is 194 Å². The lowest BCUT2D eigenvalue weighted by Crippen LogP contribution is -3.11. The van der Waals surface area contributed by atoms with Crippen molar-refractivity contribution in [3.8, 4) is 0 Å². The van der Waals surface area contributed by atoms with Gasteiger partial charge in [-0.25, -0.2) is 4.39 Å². The quantitative estimate of drug-likeness (QED) is 0.0960. The van der Waals surface area contributed by atoms with Crippen LogP contribution in [-0.2, 0) is 44.1 Å². The van der Waals surface area contributed by atoms with E-state index in [2.05, 4.69) is 164 Å². The molecule has 0 aliphatic heterocycles. The minimum atomic E-state index is -1.15. The molecule has 0 atom stereocenters. The molecule has 6 aromatic carbocycles. The van der Waals surface area contributed by atoms with Gasteiger partial charge in [0.2, 0.25) is 0 Å². The first-order chi connectivity index (χ1) is 28.5. The highest BCUT2D eigenvalue weighted by atomic mass is 35.5. The topological polar surface area (TPSA) is 36.8 Å². The van der Waals surface area contributed by atoms with Gasteiger partial charge in [0.15, 0.2) is 5.67 Å². The van der Waals surface area contributed by atoms with Gasteiger partial charge < -0.3 is 32.3 Å². The van der Waals surface area contributed by atoms with Gasteiger partial charge in [-0.15, -0.1) is 0 Å². The van der Waals surface area contributed by atoms with Gasteiger partial charge in [0.1, 0.15) is 25.9 Å². The zero-order valence-electron chi connectivity index (χ0n) is 36.6. The first-order valence-electron chi connectivity index (χ1n) is 20.8. The van der Waals surface area contributed by atoms with Crippen molar-refractivity contribution in [2.75, 3.05) is 6.54 Å². The second kappa shape index (κ2) is 29.8. The van der Waals surface area contributed by atoms with Crippen molar-refractivity contribution in [3.63, 3.8) is 0 Å². The maximum Gasteiger partial charge on any atom is 0.153 e. The maximum atomic E-state index is 14.0. The fourth-order valence-corrected chi connectivity index (χ4v) is 6.24. The lowest BCUT2D eigenvalue weighted by atomic mass is 10.1. The summed E-state index contributed by atoms with van der Waals surface area (Å²) < 4.78 is 14.0. The molecule has 0 amide bonds. The van der Waals surface area contributed by atoms with Crippen LogP contribution < -0.4 is 22.6 Å². The number of nitrogens with one attached hydrogen (secondary N) is 2. The summed E-state index contributed by atoms with van der Waals surface area (Å²) in [7, 11) is 0. The van der Waals surface area contributed by atoms with Crippen LogP contribution in [0.1, 0.15) is 76.3 Å². The van der Waals surface area contributed by atoms with Gasteiger partial charge in [-0.3, -0.25) is 0 Å². The third kappa shape index (κ3) is 24.6. The molecule has 0 aromatic heterocycles. The Morgan fingerprint density at radius 2 is 0.867 bits per heavy atom. The standard InChI is InChI=1S/C18H22FN.C18H21N.C14H15N.C4H8O.ClH.H2/c1-18(2,19)15-20(13-16-9-5-3-6-10-16)14-17-11-7-4-8-12-17;1-16(2)13-19(14-17-9-5-3-6-10-17)15-18-11-7-4-8-12-18;1-3-7-13(8-4-1)11-15-12-14-9-5-2-6-10-14;1-4(2)3-5;;/h3-12H,13-15H2,1-2H3;3-13H,14-15H2,1-2H3;1-10,15H,11-12H2;3-4H,1-2H3;2*1H. The average Bonchev–Trinajstić information content (AvgIpc) is 3.23. The third-order valence-electron chi connectivity index (χ3n) is 8.78. The highest BCUT2D eigenvalue weighted by Gasteiger charge is 2.24. The Labute approximate surface area is 369 Å². The molecule has 6 heteroatoms. The first kappa shape index (κ1) is 50.8. The van der Waals surface area contributed by atoms with E-state index in [4.69, 9.17) is 0 Å². The van der Waals surface area contributed by atoms with E-state index in [1.807, 2.05) is 62.4 Å². The molecule has 2 N–H and O–H groups in total. The SMILES string of the molecule is CC(C)(F)C[NH+](Cc1ccccc1)Cc1ccccc1.CC(C)=CN(Cc1ccccc1)Cc1ccccc1.CC(C)C=O.[Cl-].[HH].c1ccc(CNCc2ccccc2)cc1. The van der Waals surface area contributed by atoms with Crippen LogP contribution in [0.3, 0.4) is 0 Å². The van der Waals surface area contributed by atoms with E-state index in [0.29, 0.717) is 6.54 Å². The minimum Gasteiger partial charge on any atom is -1.00 e. The Hall–Kier alpha value is -5.33. The van der Waals surface area contributed by atoms with Crippen LogP contribution in [0.2, 0.25) is 0 Å². The van der Waals surface area contributed by atoms with Gasteiger partial charge in [-0.2, -0.15) is 0 Å². The number of benzene rings is 6. The summed E-state index contributed by atoms with van der Waals surface area (Å²) in [5.41, 5.74) is 8.02. The van der Waals surface area contributed by atoms with Gasteiger partial charge in [0.05, 0.1) is 0 Å². The highest BCUT2D eigenvalue weighted by Crippen LogP contribution is 2.12. The van der Waals surface area contributed by atoms with Gasteiger partial charge in [0.25, 0.3) is 0 Å². The fourth-order valence-electron chi connectivity index (χ4n) is 6.24. The van der Waals surface area contributed by atoms with Crippen LogP contribution in [0.5, 0.6) is 0 Å². The predicted molar refractivity (Wildman–Crippen MR) is 249 cm³/mol. The molecule has 6 aromatic rings. The van der Waals surface area contributed by atoms with Crippen molar-refractivity contribution < 1.29 is 27.9 Å². The van der Waals surface area contributed by atoms with Crippen molar-refractivity contribution in [1.29, 1.82) is 0 Å². The third-order valence-corrected chi connectivity index (χ3v) is 8.78. The minimum absolute atomic E-state index is 0. The summed E-state index contributed by atoms with van der Waals surface area (Å²) >= 11 is 0. The molecule has 0 aliphatic rings. The number of halogens is 2. The molecule has 0 spiro atoms. The lowest BCUT2D eigenvalue weighted by Gasteiger charge is -2.25. The molecule has 4 nitrogen and oxygen atoms in total. The molecule has 0 heterocycles. The number of hydrogen-bond donors (Lipinski definition) is 2. The fraction of sp³-hybridized carbons (Fsp3) is 0.278. The Morgan fingerprint density at radius 3 is 1.13 bits per heavy atom. The number of carbonyl (C=O) groups is 1. The average molecular weight is 831 g/mol. The van der Waals surface area contributed by atoms with Crippen LogP contribution in [-0.4, -0.2) is 23.4 Å². The molecule has 0 saturated carbocycles. The van der Waals surface area contributed by atoms with Crippen molar-refractivity contribution >= 4 is 6.29 Å². The maximum absolute atomic E-state index is 14.0. The monoisotopic (exact) mass is 830 g/mol. The Morgan fingerprint density at radius 1 is 0.583 bits per heavy atom. The van der Waals surface area contributed by atoms with Crippen LogP contribution in [0.4, 0.5) is 4.39 Å². The first-order valence-corrected chi connectivity index (χ1v) is 20.8. The molecule has 60 heavy (non-hydrogen) atoms. The van der Waals surface area contributed by atoms with Gasteiger partial charge in [-0.1, -0.05) is 201 Å². The van der Waals surface area contributed by atoms with E-state index in [1.165, 1.54) is 43.9 Å². The van der Waals surface area contributed by atoms with Gasteiger partial charge in [0, 0.05) is 44.7 Å². The second-order valence-electron chi connectivity index (χ2n) is 16.0. The summed E-state index contributed by atoms with van der Waals surface area (Å²) in [6.45, 7) is 17.3. The summed E-state index contributed by atoms with van der Waals surface area (Å²) in [6.07, 6.45) is 3.15. The number of nitrogens with zero attached hydrogens (tertiary/aromatic N) is 1. The molecule has 6 rings (SSSR count).